The number of rotatable bonds is 5. The fourth-order valence-electron chi connectivity index (χ4n) is 3.93. The van der Waals surface area contributed by atoms with Crippen LogP contribution in [0.4, 0.5) is 5.13 Å². The summed E-state index contributed by atoms with van der Waals surface area (Å²) in [6.45, 7) is 2.08. The van der Waals surface area contributed by atoms with Gasteiger partial charge in [-0.05, 0) is 59.8 Å². The molecule has 0 bridgehead atoms. The maximum atomic E-state index is 13.2. The average molecular weight is 477 g/mol. The quantitative estimate of drug-likeness (QED) is 0.232. The third kappa shape index (κ3) is 3.61. The molecule has 1 unspecified atom stereocenters. The maximum Gasteiger partial charge on any atom is 0.301 e. The largest absolute Gasteiger partial charge is 0.507 e. The molecule has 2 aromatic carbocycles. The number of methoxy groups -OCH3 is 1. The van der Waals surface area contributed by atoms with Crippen molar-refractivity contribution in [3.8, 4) is 5.75 Å². The van der Waals surface area contributed by atoms with Gasteiger partial charge in [-0.25, -0.2) is 4.98 Å². The number of ether oxygens (including phenoxy) is 1. The van der Waals surface area contributed by atoms with Gasteiger partial charge in [-0.15, -0.1) is 11.3 Å². The number of thiophene rings is 1. The lowest BCUT2D eigenvalue weighted by atomic mass is 10.00. The van der Waals surface area contributed by atoms with Crippen molar-refractivity contribution in [2.75, 3.05) is 12.0 Å². The van der Waals surface area contributed by atoms with E-state index in [2.05, 4.69) is 18.0 Å². The molecule has 3 heterocycles. The van der Waals surface area contributed by atoms with Gasteiger partial charge in [0.05, 0.1) is 22.9 Å². The Morgan fingerprint density at radius 3 is 2.61 bits per heavy atom. The number of thiazole rings is 1. The Hall–Kier alpha value is -3.49. The second-order valence-corrected chi connectivity index (χ2v) is 9.55. The minimum Gasteiger partial charge on any atom is -0.507 e. The number of aliphatic hydroxyl groups excluding tert-OH is 1. The van der Waals surface area contributed by atoms with Crippen LogP contribution in [-0.4, -0.2) is 28.9 Å². The predicted molar refractivity (Wildman–Crippen MR) is 131 cm³/mol. The number of carbonyl (C=O) groups excluding carboxylic acids is 2. The molecule has 1 aliphatic rings. The number of amides is 1. The van der Waals surface area contributed by atoms with Crippen LogP contribution in [0.3, 0.4) is 0 Å². The van der Waals surface area contributed by atoms with Gasteiger partial charge in [0.2, 0.25) is 0 Å². The van der Waals surface area contributed by atoms with E-state index in [0.29, 0.717) is 16.4 Å². The van der Waals surface area contributed by atoms with Gasteiger partial charge in [0, 0.05) is 10.4 Å². The lowest BCUT2D eigenvalue weighted by Gasteiger charge is -2.21. The van der Waals surface area contributed by atoms with Gasteiger partial charge >= 0.3 is 5.91 Å². The number of benzene rings is 2. The van der Waals surface area contributed by atoms with E-state index in [-0.39, 0.29) is 11.3 Å². The third-order valence-corrected chi connectivity index (χ3v) is 7.62. The first kappa shape index (κ1) is 21.4. The van der Waals surface area contributed by atoms with E-state index in [4.69, 9.17) is 4.74 Å². The number of fused-ring (bicyclic) bond motifs is 1. The van der Waals surface area contributed by atoms with Crippen molar-refractivity contribution in [1.82, 2.24) is 4.98 Å². The van der Waals surface area contributed by atoms with Crippen LogP contribution >= 0.6 is 22.7 Å². The van der Waals surface area contributed by atoms with E-state index in [1.165, 1.54) is 33.1 Å². The predicted octanol–water partition coefficient (Wildman–Crippen LogP) is 5.56. The first-order valence-corrected chi connectivity index (χ1v) is 12.1. The molecule has 1 saturated heterocycles. The number of nitrogens with zero attached hydrogens (tertiary/aromatic N) is 2. The highest BCUT2D eigenvalue weighted by Crippen LogP contribution is 2.45. The molecule has 8 heteroatoms. The molecule has 1 amide bonds. The molecule has 0 radical (unpaired) electrons. The lowest BCUT2D eigenvalue weighted by molar-refractivity contribution is -0.132. The monoisotopic (exact) mass is 476 g/mol. The van der Waals surface area contributed by atoms with Crippen molar-refractivity contribution in [3.63, 3.8) is 0 Å². The van der Waals surface area contributed by atoms with Gasteiger partial charge < -0.3 is 9.84 Å². The summed E-state index contributed by atoms with van der Waals surface area (Å²) >= 11 is 2.79. The summed E-state index contributed by atoms with van der Waals surface area (Å²) in [4.78, 5) is 33.3. The van der Waals surface area contributed by atoms with E-state index >= 15 is 0 Å². The minimum atomic E-state index is -0.752. The summed E-state index contributed by atoms with van der Waals surface area (Å²) in [6, 6.07) is 15.7. The number of hydrogen-bond donors (Lipinski definition) is 1. The van der Waals surface area contributed by atoms with Gasteiger partial charge in [-0.1, -0.05) is 30.4 Å². The summed E-state index contributed by atoms with van der Waals surface area (Å²) in [5.74, 6) is -1.01. The zero-order valence-electron chi connectivity index (χ0n) is 17.9. The second kappa shape index (κ2) is 8.46. The standard InChI is InChI=1S/C25H20N2O4S2/c1-3-14-6-11-17-19(13-14)33-25(26-17)27-21(18-5-4-12-32-18)20(23(29)24(27)30)22(28)15-7-9-16(31-2)10-8-15/h4-13,21,28H,3H2,1-2H3. The van der Waals surface area contributed by atoms with Crippen LogP contribution in [0.25, 0.3) is 16.0 Å². The minimum absolute atomic E-state index is 0.0566. The Kier molecular flexibility index (Phi) is 5.47. The first-order chi connectivity index (χ1) is 16.0. The lowest BCUT2D eigenvalue weighted by Crippen LogP contribution is -2.28. The van der Waals surface area contributed by atoms with Gasteiger partial charge in [0.15, 0.2) is 5.13 Å². The second-order valence-electron chi connectivity index (χ2n) is 7.57. The molecule has 4 aromatic rings. The van der Waals surface area contributed by atoms with Gasteiger partial charge in [-0.3, -0.25) is 14.5 Å². The summed E-state index contributed by atoms with van der Waals surface area (Å²) < 4.78 is 6.13. The van der Waals surface area contributed by atoms with Crippen molar-refractivity contribution in [2.24, 2.45) is 0 Å². The molecule has 1 atom stereocenters. The van der Waals surface area contributed by atoms with E-state index in [0.717, 1.165) is 21.5 Å². The molecular formula is C25H20N2O4S2. The molecule has 0 spiro atoms. The van der Waals surface area contributed by atoms with Gasteiger partial charge in [-0.2, -0.15) is 0 Å². The molecule has 6 nitrogen and oxygen atoms in total. The Labute approximate surface area is 198 Å². The Balaban J connectivity index is 1.67. The summed E-state index contributed by atoms with van der Waals surface area (Å²) in [7, 11) is 1.55. The molecule has 2 aromatic heterocycles. The third-order valence-electron chi connectivity index (χ3n) is 5.68. The molecule has 0 saturated carbocycles. The van der Waals surface area contributed by atoms with Crippen LogP contribution in [-0.2, 0) is 16.0 Å². The van der Waals surface area contributed by atoms with E-state index in [1.54, 1.807) is 31.4 Å². The maximum absolute atomic E-state index is 13.2. The molecule has 1 aliphatic heterocycles. The number of aryl methyl sites for hydroxylation is 1. The average Bonchev–Trinajstić information content (AvgIpc) is 3.57. The van der Waals surface area contributed by atoms with Crippen LogP contribution in [0, 0.1) is 0 Å². The zero-order chi connectivity index (χ0) is 23.1. The SMILES string of the molecule is CCc1ccc2nc(N3C(=O)C(=O)C(=C(O)c4ccc(OC)cc4)C3c3cccs3)sc2c1. The van der Waals surface area contributed by atoms with Crippen LogP contribution in [0.2, 0.25) is 0 Å². The summed E-state index contributed by atoms with van der Waals surface area (Å²) in [5, 5.41) is 13.5. The normalized spacial score (nSPS) is 17.8. The smallest absolute Gasteiger partial charge is 0.301 e. The van der Waals surface area contributed by atoms with Crippen LogP contribution < -0.4 is 9.64 Å². The zero-order valence-corrected chi connectivity index (χ0v) is 19.6. The topological polar surface area (TPSA) is 79.7 Å². The highest BCUT2D eigenvalue weighted by atomic mass is 32.1. The van der Waals surface area contributed by atoms with Gasteiger partial charge in [0.25, 0.3) is 5.78 Å². The molecular weight excluding hydrogens is 456 g/mol. The van der Waals surface area contributed by atoms with Crippen molar-refractivity contribution >= 4 is 55.5 Å². The number of anilines is 1. The van der Waals surface area contributed by atoms with Crippen LogP contribution in [0.5, 0.6) is 5.75 Å². The number of ketones is 1. The fraction of sp³-hybridized carbons (Fsp3) is 0.160. The highest BCUT2D eigenvalue weighted by Gasteiger charge is 2.48. The van der Waals surface area contributed by atoms with Crippen LogP contribution in [0.15, 0.2) is 65.6 Å². The van der Waals surface area contributed by atoms with Gasteiger partial charge in [0.1, 0.15) is 17.6 Å². The van der Waals surface area contributed by atoms with E-state index in [9.17, 15) is 14.7 Å². The van der Waals surface area contributed by atoms with Crippen molar-refractivity contribution < 1.29 is 19.4 Å². The number of carbonyl (C=O) groups is 2. The number of aromatic nitrogens is 1. The summed E-state index contributed by atoms with van der Waals surface area (Å²) in [5.41, 5.74) is 2.44. The van der Waals surface area contributed by atoms with Crippen molar-refractivity contribution in [3.05, 3.63) is 81.6 Å². The van der Waals surface area contributed by atoms with Crippen LogP contribution in [0.1, 0.15) is 29.0 Å². The molecule has 0 aliphatic carbocycles. The molecule has 5 rings (SSSR count). The highest BCUT2D eigenvalue weighted by molar-refractivity contribution is 7.22. The Morgan fingerprint density at radius 1 is 1.15 bits per heavy atom. The molecule has 1 fully saturated rings. The molecule has 33 heavy (non-hydrogen) atoms. The fourth-order valence-corrected chi connectivity index (χ4v) is 5.81. The van der Waals surface area contributed by atoms with Crippen molar-refractivity contribution in [1.29, 1.82) is 0 Å². The molecule has 1 N–H and O–H groups in total. The Bertz CT molecular complexity index is 1390. The van der Waals surface area contributed by atoms with E-state index < -0.39 is 17.7 Å². The molecule has 166 valence electrons. The van der Waals surface area contributed by atoms with E-state index in [1.807, 2.05) is 29.6 Å². The summed E-state index contributed by atoms with van der Waals surface area (Å²) in [6.07, 6.45) is 0.894. The number of aliphatic hydroxyl groups is 1. The number of Topliss-reactive ketones (excluding diaryl/α,β-unsaturated/α-hetero) is 1. The number of hydrogen-bond acceptors (Lipinski definition) is 7. The van der Waals surface area contributed by atoms with Crippen molar-refractivity contribution in [2.45, 2.75) is 19.4 Å². The Morgan fingerprint density at radius 2 is 1.94 bits per heavy atom. The first-order valence-electron chi connectivity index (χ1n) is 10.4.